The van der Waals surface area contributed by atoms with E-state index in [0.29, 0.717) is 50.5 Å². The molecule has 28 heavy (non-hydrogen) atoms. The topological polar surface area (TPSA) is 59.1 Å². The Balaban J connectivity index is 1.54. The molecule has 148 valence electrons. The first-order chi connectivity index (χ1) is 13.6. The van der Waals surface area contributed by atoms with E-state index < -0.39 is 0 Å². The van der Waals surface area contributed by atoms with Crippen LogP contribution in [0.3, 0.4) is 0 Å². The molecule has 6 heteroatoms. The van der Waals surface area contributed by atoms with Crippen molar-refractivity contribution in [3.63, 3.8) is 0 Å². The SMILES string of the molecule is CCOc1ccc(CC(=O)N2CCN(C(=O)c3ccccc3OC)CC2)cc1. The number of amides is 2. The van der Waals surface area contributed by atoms with E-state index in [-0.39, 0.29) is 11.8 Å². The summed E-state index contributed by atoms with van der Waals surface area (Å²) < 4.78 is 10.7. The first kappa shape index (κ1) is 19.7. The fraction of sp³-hybridized carbons (Fsp3) is 0.364. The Morgan fingerprint density at radius 2 is 1.57 bits per heavy atom. The van der Waals surface area contributed by atoms with Crippen molar-refractivity contribution in [1.82, 2.24) is 9.80 Å². The van der Waals surface area contributed by atoms with E-state index in [1.54, 1.807) is 24.1 Å². The Bertz CT molecular complexity index is 812. The molecule has 0 atom stereocenters. The second-order valence-electron chi connectivity index (χ2n) is 6.63. The van der Waals surface area contributed by atoms with Crippen molar-refractivity contribution in [3.05, 3.63) is 59.7 Å². The summed E-state index contributed by atoms with van der Waals surface area (Å²) >= 11 is 0. The second-order valence-corrected chi connectivity index (χ2v) is 6.63. The van der Waals surface area contributed by atoms with Crippen LogP contribution in [0.2, 0.25) is 0 Å². The van der Waals surface area contributed by atoms with Crippen molar-refractivity contribution in [1.29, 1.82) is 0 Å². The zero-order chi connectivity index (χ0) is 19.9. The molecule has 0 N–H and O–H groups in total. The molecule has 0 saturated carbocycles. The highest BCUT2D eigenvalue weighted by atomic mass is 16.5. The maximum absolute atomic E-state index is 12.8. The predicted molar refractivity (Wildman–Crippen MR) is 107 cm³/mol. The van der Waals surface area contributed by atoms with Gasteiger partial charge in [-0.1, -0.05) is 24.3 Å². The van der Waals surface area contributed by atoms with Gasteiger partial charge in [-0.3, -0.25) is 9.59 Å². The number of ether oxygens (including phenoxy) is 2. The minimum atomic E-state index is -0.0592. The Morgan fingerprint density at radius 3 is 2.21 bits per heavy atom. The summed E-state index contributed by atoms with van der Waals surface area (Å²) in [5, 5.41) is 0. The fourth-order valence-corrected chi connectivity index (χ4v) is 3.31. The summed E-state index contributed by atoms with van der Waals surface area (Å²) in [5.74, 6) is 1.40. The van der Waals surface area contributed by atoms with E-state index >= 15 is 0 Å². The lowest BCUT2D eigenvalue weighted by Gasteiger charge is -2.35. The number of rotatable bonds is 6. The molecule has 2 aromatic rings. The smallest absolute Gasteiger partial charge is 0.257 e. The molecule has 3 rings (SSSR count). The molecule has 1 aliphatic heterocycles. The molecule has 0 aliphatic carbocycles. The van der Waals surface area contributed by atoms with Gasteiger partial charge in [0.2, 0.25) is 5.91 Å². The number of benzene rings is 2. The van der Waals surface area contributed by atoms with Gasteiger partial charge in [0, 0.05) is 26.2 Å². The van der Waals surface area contributed by atoms with E-state index in [2.05, 4.69) is 0 Å². The molecule has 1 aliphatic rings. The summed E-state index contributed by atoms with van der Waals surface area (Å²) in [5.41, 5.74) is 1.51. The second kappa shape index (κ2) is 9.26. The molecule has 0 bridgehead atoms. The molecule has 6 nitrogen and oxygen atoms in total. The number of para-hydroxylation sites is 1. The average Bonchev–Trinajstić information content (AvgIpc) is 2.75. The third kappa shape index (κ3) is 4.63. The minimum Gasteiger partial charge on any atom is -0.496 e. The van der Waals surface area contributed by atoms with Crippen molar-refractivity contribution < 1.29 is 19.1 Å². The van der Waals surface area contributed by atoms with Crippen LogP contribution in [-0.2, 0) is 11.2 Å². The van der Waals surface area contributed by atoms with Gasteiger partial charge >= 0.3 is 0 Å². The van der Waals surface area contributed by atoms with Gasteiger partial charge in [-0.2, -0.15) is 0 Å². The number of hydrogen-bond donors (Lipinski definition) is 0. The van der Waals surface area contributed by atoms with Gasteiger partial charge in [0.25, 0.3) is 5.91 Å². The zero-order valence-corrected chi connectivity index (χ0v) is 16.4. The van der Waals surface area contributed by atoms with Crippen LogP contribution < -0.4 is 9.47 Å². The van der Waals surface area contributed by atoms with Crippen molar-refractivity contribution in [2.45, 2.75) is 13.3 Å². The minimum absolute atomic E-state index is 0.0592. The van der Waals surface area contributed by atoms with Gasteiger partial charge in [-0.15, -0.1) is 0 Å². The van der Waals surface area contributed by atoms with Crippen LogP contribution in [0.4, 0.5) is 0 Å². The largest absolute Gasteiger partial charge is 0.496 e. The lowest BCUT2D eigenvalue weighted by molar-refractivity contribution is -0.131. The van der Waals surface area contributed by atoms with Crippen LogP contribution in [0.15, 0.2) is 48.5 Å². The molecule has 1 fully saturated rings. The monoisotopic (exact) mass is 382 g/mol. The third-order valence-corrected chi connectivity index (χ3v) is 4.85. The standard InChI is InChI=1S/C22H26N2O4/c1-3-28-18-10-8-17(9-11-18)16-21(25)23-12-14-24(15-13-23)22(26)19-6-4-5-7-20(19)27-2/h4-11H,3,12-16H2,1-2H3. The van der Waals surface area contributed by atoms with Gasteiger partial charge < -0.3 is 19.3 Å². The molecule has 1 saturated heterocycles. The number of hydrogen-bond acceptors (Lipinski definition) is 4. The van der Waals surface area contributed by atoms with Gasteiger partial charge in [0.05, 0.1) is 25.7 Å². The number of methoxy groups -OCH3 is 1. The molecular formula is C22H26N2O4. The van der Waals surface area contributed by atoms with Gasteiger partial charge in [0.1, 0.15) is 11.5 Å². The number of nitrogens with zero attached hydrogens (tertiary/aromatic N) is 2. The molecule has 2 aromatic carbocycles. The third-order valence-electron chi connectivity index (χ3n) is 4.85. The Hall–Kier alpha value is -3.02. The van der Waals surface area contributed by atoms with Crippen LogP contribution in [0, 0.1) is 0 Å². The van der Waals surface area contributed by atoms with Crippen LogP contribution in [0.5, 0.6) is 11.5 Å². The van der Waals surface area contributed by atoms with Crippen molar-refractivity contribution in [3.8, 4) is 11.5 Å². The quantitative estimate of drug-likeness (QED) is 0.771. The molecule has 1 heterocycles. The molecule has 2 amide bonds. The average molecular weight is 382 g/mol. The molecule has 0 unspecified atom stereocenters. The van der Waals surface area contributed by atoms with Gasteiger partial charge in [-0.05, 0) is 36.8 Å². The Labute approximate surface area is 165 Å². The number of carbonyl (C=O) groups is 2. The Morgan fingerprint density at radius 1 is 0.929 bits per heavy atom. The van der Waals surface area contributed by atoms with E-state index in [4.69, 9.17) is 9.47 Å². The van der Waals surface area contributed by atoms with E-state index in [1.807, 2.05) is 48.2 Å². The molecule has 0 radical (unpaired) electrons. The molecular weight excluding hydrogens is 356 g/mol. The van der Waals surface area contributed by atoms with Gasteiger partial charge in [-0.25, -0.2) is 0 Å². The fourth-order valence-electron chi connectivity index (χ4n) is 3.31. The van der Waals surface area contributed by atoms with Gasteiger partial charge in [0.15, 0.2) is 0 Å². The number of carbonyl (C=O) groups excluding carboxylic acids is 2. The maximum Gasteiger partial charge on any atom is 0.257 e. The summed E-state index contributed by atoms with van der Waals surface area (Å²) in [7, 11) is 1.56. The van der Waals surface area contributed by atoms with Crippen molar-refractivity contribution in [2.75, 3.05) is 39.9 Å². The van der Waals surface area contributed by atoms with E-state index in [1.165, 1.54) is 0 Å². The van der Waals surface area contributed by atoms with Crippen LogP contribution >= 0.6 is 0 Å². The molecule has 0 spiro atoms. The molecule has 0 aromatic heterocycles. The highest BCUT2D eigenvalue weighted by Gasteiger charge is 2.26. The summed E-state index contributed by atoms with van der Waals surface area (Å²) in [6.07, 6.45) is 0.354. The van der Waals surface area contributed by atoms with Crippen LogP contribution in [0.25, 0.3) is 0 Å². The normalized spacial score (nSPS) is 13.9. The van der Waals surface area contributed by atoms with E-state index in [0.717, 1.165) is 11.3 Å². The number of piperazine rings is 1. The predicted octanol–water partition coefficient (Wildman–Crippen LogP) is 2.62. The lowest BCUT2D eigenvalue weighted by atomic mass is 10.1. The highest BCUT2D eigenvalue weighted by molar-refractivity contribution is 5.97. The van der Waals surface area contributed by atoms with Crippen molar-refractivity contribution >= 4 is 11.8 Å². The zero-order valence-electron chi connectivity index (χ0n) is 16.4. The summed E-state index contributed by atoms with van der Waals surface area (Å²) in [6, 6.07) is 14.8. The Kier molecular flexibility index (Phi) is 6.53. The lowest BCUT2D eigenvalue weighted by Crippen LogP contribution is -2.51. The van der Waals surface area contributed by atoms with E-state index in [9.17, 15) is 9.59 Å². The maximum atomic E-state index is 12.8. The summed E-state index contributed by atoms with van der Waals surface area (Å²) in [6.45, 7) is 4.68. The first-order valence-electron chi connectivity index (χ1n) is 9.54. The summed E-state index contributed by atoms with van der Waals surface area (Å²) in [4.78, 5) is 29.0. The van der Waals surface area contributed by atoms with Crippen LogP contribution in [0.1, 0.15) is 22.8 Å². The van der Waals surface area contributed by atoms with Crippen molar-refractivity contribution in [2.24, 2.45) is 0 Å². The first-order valence-corrected chi connectivity index (χ1v) is 9.54. The van der Waals surface area contributed by atoms with Crippen LogP contribution in [-0.4, -0.2) is 61.5 Å². The highest BCUT2D eigenvalue weighted by Crippen LogP contribution is 2.20.